The van der Waals surface area contributed by atoms with Crippen LogP contribution in [-0.2, 0) is 5.41 Å². The molecule has 0 aromatic heterocycles. The predicted octanol–water partition coefficient (Wildman–Crippen LogP) is 4.46. The first-order valence-corrected chi connectivity index (χ1v) is 7.71. The molecule has 0 bridgehead atoms. The van der Waals surface area contributed by atoms with E-state index in [1.54, 1.807) is 12.1 Å². The lowest BCUT2D eigenvalue weighted by Gasteiger charge is -2.30. The summed E-state index contributed by atoms with van der Waals surface area (Å²) in [5.41, 5.74) is 3.95. The number of carbonyl (C=O) groups is 2. The van der Waals surface area contributed by atoms with E-state index in [2.05, 4.69) is 20.8 Å². The molecule has 0 atom stereocenters. The fraction of sp³-hybridized carbons (Fsp3) is 0.300. The fourth-order valence-electron chi connectivity index (χ4n) is 3.14. The molecule has 2 heteroatoms. The molecule has 0 fully saturated rings. The average Bonchev–Trinajstić information content (AvgIpc) is 2.52. The third-order valence-electron chi connectivity index (χ3n) is 4.90. The zero-order chi connectivity index (χ0) is 16.1. The van der Waals surface area contributed by atoms with Crippen LogP contribution in [0, 0.1) is 6.92 Å². The average molecular weight is 292 g/mol. The summed E-state index contributed by atoms with van der Waals surface area (Å²) in [4.78, 5) is 25.9. The SMILES string of the molecule is CCC(C)(C)c1ccc(C)c2c1C(=O)c1ccccc1C2=O. The number of carbonyl (C=O) groups excluding carboxylic acids is 2. The highest BCUT2D eigenvalue weighted by Gasteiger charge is 2.35. The predicted molar refractivity (Wildman–Crippen MR) is 87.8 cm³/mol. The molecule has 2 nitrogen and oxygen atoms in total. The second-order valence-corrected chi connectivity index (χ2v) is 6.62. The van der Waals surface area contributed by atoms with Crippen LogP contribution < -0.4 is 0 Å². The Morgan fingerprint density at radius 3 is 1.95 bits per heavy atom. The van der Waals surface area contributed by atoms with Crippen molar-refractivity contribution in [3.63, 3.8) is 0 Å². The maximum Gasteiger partial charge on any atom is 0.194 e. The monoisotopic (exact) mass is 292 g/mol. The smallest absolute Gasteiger partial charge is 0.194 e. The molecular weight excluding hydrogens is 272 g/mol. The molecule has 0 radical (unpaired) electrons. The van der Waals surface area contributed by atoms with E-state index in [-0.39, 0.29) is 17.0 Å². The Balaban J connectivity index is 2.37. The quantitative estimate of drug-likeness (QED) is 0.699. The van der Waals surface area contributed by atoms with Gasteiger partial charge in [0, 0.05) is 22.3 Å². The van der Waals surface area contributed by atoms with Crippen LogP contribution >= 0.6 is 0 Å². The first-order valence-electron chi connectivity index (χ1n) is 7.71. The van der Waals surface area contributed by atoms with Crippen molar-refractivity contribution in [2.75, 3.05) is 0 Å². The molecule has 2 aromatic carbocycles. The maximum atomic E-state index is 13.0. The lowest BCUT2D eigenvalue weighted by molar-refractivity contribution is 0.0976. The van der Waals surface area contributed by atoms with E-state index in [1.807, 2.05) is 31.2 Å². The van der Waals surface area contributed by atoms with Crippen LogP contribution in [0.25, 0.3) is 0 Å². The molecule has 0 aliphatic heterocycles. The first-order chi connectivity index (χ1) is 10.4. The first kappa shape index (κ1) is 14.7. The zero-order valence-electron chi connectivity index (χ0n) is 13.5. The van der Waals surface area contributed by atoms with Gasteiger partial charge in [0.2, 0.25) is 0 Å². The summed E-state index contributed by atoms with van der Waals surface area (Å²) in [7, 11) is 0. The van der Waals surface area contributed by atoms with E-state index in [0.29, 0.717) is 22.3 Å². The minimum Gasteiger partial charge on any atom is -0.289 e. The molecule has 0 saturated heterocycles. The molecule has 0 unspecified atom stereocenters. The topological polar surface area (TPSA) is 34.1 Å². The lowest BCUT2D eigenvalue weighted by Crippen LogP contribution is -2.28. The third kappa shape index (κ3) is 1.94. The molecule has 3 rings (SSSR count). The van der Waals surface area contributed by atoms with Gasteiger partial charge in [-0.2, -0.15) is 0 Å². The lowest BCUT2D eigenvalue weighted by atomic mass is 9.72. The van der Waals surface area contributed by atoms with Crippen molar-refractivity contribution in [2.45, 2.75) is 39.5 Å². The molecule has 22 heavy (non-hydrogen) atoms. The van der Waals surface area contributed by atoms with Gasteiger partial charge >= 0.3 is 0 Å². The van der Waals surface area contributed by atoms with Crippen molar-refractivity contribution in [1.29, 1.82) is 0 Å². The van der Waals surface area contributed by atoms with Crippen LogP contribution in [0.2, 0.25) is 0 Å². The van der Waals surface area contributed by atoms with Crippen molar-refractivity contribution < 1.29 is 9.59 Å². The number of benzene rings is 2. The maximum absolute atomic E-state index is 13.0. The largest absolute Gasteiger partial charge is 0.289 e. The number of aryl methyl sites for hydroxylation is 1. The summed E-state index contributed by atoms with van der Waals surface area (Å²) in [5.74, 6) is -0.0538. The highest BCUT2D eigenvalue weighted by molar-refractivity contribution is 6.29. The molecule has 112 valence electrons. The fourth-order valence-corrected chi connectivity index (χ4v) is 3.14. The molecule has 0 N–H and O–H groups in total. The molecule has 0 spiro atoms. The summed E-state index contributed by atoms with van der Waals surface area (Å²) < 4.78 is 0. The van der Waals surface area contributed by atoms with Crippen LogP contribution in [0.4, 0.5) is 0 Å². The molecule has 0 saturated carbocycles. The second kappa shape index (κ2) is 4.91. The Hall–Kier alpha value is -2.22. The van der Waals surface area contributed by atoms with Gasteiger partial charge < -0.3 is 0 Å². The van der Waals surface area contributed by atoms with E-state index in [4.69, 9.17) is 0 Å². The van der Waals surface area contributed by atoms with E-state index in [0.717, 1.165) is 17.5 Å². The van der Waals surface area contributed by atoms with E-state index < -0.39 is 0 Å². The van der Waals surface area contributed by atoms with Crippen molar-refractivity contribution in [2.24, 2.45) is 0 Å². The Morgan fingerprint density at radius 2 is 1.41 bits per heavy atom. The molecular formula is C20H20O2. The Bertz CT molecular complexity index is 797. The van der Waals surface area contributed by atoms with Crippen molar-refractivity contribution >= 4 is 11.6 Å². The van der Waals surface area contributed by atoms with Gasteiger partial charge in [-0.3, -0.25) is 9.59 Å². The zero-order valence-corrected chi connectivity index (χ0v) is 13.5. The highest BCUT2D eigenvalue weighted by Crippen LogP contribution is 2.37. The number of hydrogen-bond acceptors (Lipinski definition) is 2. The molecule has 0 heterocycles. The summed E-state index contributed by atoms with van der Waals surface area (Å²) in [6, 6.07) is 11.1. The second-order valence-electron chi connectivity index (χ2n) is 6.62. The Labute approximate surface area is 131 Å². The molecule has 1 aliphatic carbocycles. The van der Waals surface area contributed by atoms with E-state index in [9.17, 15) is 9.59 Å². The minimum atomic E-state index is -0.139. The van der Waals surface area contributed by atoms with Gasteiger partial charge in [0.25, 0.3) is 0 Å². The minimum absolute atomic E-state index is 0.0228. The van der Waals surface area contributed by atoms with Crippen LogP contribution in [0.15, 0.2) is 36.4 Å². The third-order valence-corrected chi connectivity index (χ3v) is 4.90. The van der Waals surface area contributed by atoms with Crippen LogP contribution in [0.1, 0.15) is 70.2 Å². The summed E-state index contributed by atoms with van der Waals surface area (Å²) in [5, 5.41) is 0. The Kier molecular flexibility index (Phi) is 3.28. The molecule has 2 aromatic rings. The summed E-state index contributed by atoms with van der Waals surface area (Å²) >= 11 is 0. The highest BCUT2D eigenvalue weighted by atomic mass is 16.1. The van der Waals surface area contributed by atoms with Gasteiger partial charge in [0.1, 0.15) is 0 Å². The van der Waals surface area contributed by atoms with Gasteiger partial charge in [-0.25, -0.2) is 0 Å². The van der Waals surface area contributed by atoms with Gasteiger partial charge in [0.15, 0.2) is 11.6 Å². The summed E-state index contributed by atoms with van der Waals surface area (Å²) in [6.45, 7) is 8.25. The van der Waals surface area contributed by atoms with Gasteiger partial charge in [0.05, 0.1) is 0 Å². The summed E-state index contributed by atoms with van der Waals surface area (Å²) in [6.07, 6.45) is 0.908. The molecule has 0 amide bonds. The van der Waals surface area contributed by atoms with Gasteiger partial charge in [-0.1, -0.05) is 57.2 Å². The Morgan fingerprint density at radius 1 is 0.864 bits per heavy atom. The number of fused-ring (bicyclic) bond motifs is 2. The standard InChI is InChI=1S/C20H20O2/c1-5-20(3,4)15-11-10-12(2)16-17(15)19(22)14-9-7-6-8-13(14)18(16)21/h6-11H,5H2,1-4H3. The van der Waals surface area contributed by atoms with E-state index >= 15 is 0 Å². The number of hydrogen-bond donors (Lipinski definition) is 0. The van der Waals surface area contributed by atoms with Crippen LogP contribution in [0.5, 0.6) is 0 Å². The van der Waals surface area contributed by atoms with E-state index in [1.165, 1.54) is 0 Å². The van der Waals surface area contributed by atoms with Crippen molar-refractivity contribution in [3.05, 3.63) is 69.8 Å². The van der Waals surface area contributed by atoms with Crippen LogP contribution in [0.3, 0.4) is 0 Å². The normalized spacial score (nSPS) is 13.8. The molecule has 1 aliphatic rings. The number of rotatable bonds is 2. The van der Waals surface area contributed by atoms with Gasteiger partial charge in [-0.05, 0) is 29.9 Å². The van der Waals surface area contributed by atoms with Gasteiger partial charge in [-0.15, -0.1) is 0 Å². The van der Waals surface area contributed by atoms with Crippen LogP contribution in [-0.4, -0.2) is 11.6 Å². The number of ketones is 2. The van der Waals surface area contributed by atoms with Crippen molar-refractivity contribution in [1.82, 2.24) is 0 Å². The van der Waals surface area contributed by atoms with Crippen molar-refractivity contribution in [3.8, 4) is 0 Å².